The molecule has 0 aliphatic carbocycles. The number of esters is 1. The van der Waals surface area contributed by atoms with E-state index in [-0.39, 0.29) is 5.76 Å². The molecule has 0 radical (unpaired) electrons. The molecule has 3 rings (SSSR count). The summed E-state index contributed by atoms with van der Waals surface area (Å²) in [5.74, 6) is 2.94. The van der Waals surface area contributed by atoms with Gasteiger partial charge in [-0.05, 0) is 42.2 Å². The van der Waals surface area contributed by atoms with Crippen LogP contribution in [0.1, 0.15) is 48.5 Å². The van der Waals surface area contributed by atoms with Gasteiger partial charge in [0.05, 0.1) is 12.9 Å². The number of aromatic nitrogens is 3. The fourth-order valence-corrected chi connectivity index (χ4v) is 3.71. The van der Waals surface area contributed by atoms with Crippen molar-refractivity contribution < 1.29 is 18.7 Å². The molecule has 1 aromatic carbocycles. The highest BCUT2D eigenvalue weighted by Crippen LogP contribution is 2.25. The van der Waals surface area contributed by atoms with Crippen molar-refractivity contribution in [3.63, 3.8) is 0 Å². The van der Waals surface area contributed by atoms with Gasteiger partial charge < -0.3 is 18.5 Å². The maximum Gasteiger partial charge on any atom is 0.373 e. The van der Waals surface area contributed by atoms with Gasteiger partial charge in [-0.1, -0.05) is 44.7 Å². The molecular weight excluding hydrogens is 402 g/mol. The first-order valence-corrected chi connectivity index (χ1v) is 10.9. The lowest BCUT2D eigenvalue weighted by Gasteiger charge is -2.13. The lowest BCUT2D eigenvalue weighted by atomic mass is 10.2. The number of thioether (sulfide) groups is 1. The Morgan fingerprint density at radius 3 is 2.60 bits per heavy atom. The molecule has 0 amide bonds. The summed E-state index contributed by atoms with van der Waals surface area (Å²) in [6.07, 6.45) is 1.00. The molecule has 0 fully saturated rings. The second-order valence-corrected chi connectivity index (χ2v) is 8.18. The van der Waals surface area contributed by atoms with Crippen molar-refractivity contribution in [3.8, 4) is 5.75 Å². The van der Waals surface area contributed by atoms with E-state index in [1.54, 1.807) is 12.1 Å². The fourth-order valence-electron chi connectivity index (χ4n) is 2.85. The Morgan fingerprint density at radius 1 is 1.17 bits per heavy atom. The summed E-state index contributed by atoms with van der Waals surface area (Å²) in [5, 5.41) is 9.48. The molecule has 3 aromatic rings. The molecule has 0 atom stereocenters. The molecule has 0 aliphatic rings. The molecular formula is C22H27N3O4S. The Bertz CT molecular complexity index is 963. The number of furan rings is 1. The van der Waals surface area contributed by atoms with Crippen LogP contribution >= 0.6 is 11.8 Å². The van der Waals surface area contributed by atoms with Gasteiger partial charge in [0.25, 0.3) is 0 Å². The van der Waals surface area contributed by atoms with E-state index in [4.69, 9.17) is 9.15 Å². The van der Waals surface area contributed by atoms with E-state index in [0.717, 1.165) is 29.7 Å². The van der Waals surface area contributed by atoms with E-state index < -0.39 is 5.97 Å². The zero-order valence-electron chi connectivity index (χ0n) is 17.8. The molecule has 0 bridgehead atoms. The van der Waals surface area contributed by atoms with Crippen LogP contribution in [0.3, 0.4) is 0 Å². The van der Waals surface area contributed by atoms with Gasteiger partial charge in [0.15, 0.2) is 11.0 Å². The normalized spacial score (nSPS) is 11.1. The van der Waals surface area contributed by atoms with Crippen molar-refractivity contribution in [2.75, 3.05) is 7.11 Å². The SMILES string of the molecule is CCc1ccc(OCc2nnc(SCc3ccc(C(=O)OC)o3)n2CC(C)C)cc1. The van der Waals surface area contributed by atoms with Gasteiger partial charge in [-0.15, -0.1) is 10.2 Å². The average Bonchev–Trinajstić information content (AvgIpc) is 3.37. The van der Waals surface area contributed by atoms with Gasteiger partial charge in [-0.3, -0.25) is 0 Å². The molecule has 0 unspecified atom stereocenters. The second kappa shape index (κ2) is 10.3. The first-order chi connectivity index (χ1) is 14.5. The van der Waals surface area contributed by atoms with Crippen molar-refractivity contribution in [2.24, 2.45) is 5.92 Å². The second-order valence-electron chi connectivity index (χ2n) is 7.24. The number of carbonyl (C=O) groups excluding carboxylic acids is 1. The van der Waals surface area contributed by atoms with E-state index in [1.807, 2.05) is 12.1 Å². The quantitative estimate of drug-likeness (QED) is 0.340. The Hall–Kier alpha value is -2.74. The number of benzene rings is 1. The topological polar surface area (TPSA) is 79.4 Å². The summed E-state index contributed by atoms with van der Waals surface area (Å²) in [5.41, 5.74) is 1.28. The van der Waals surface area contributed by atoms with Crippen LogP contribution in [0.2, 0.25) is 0 Å². The van der Waals surface area contributed by atoms with Crippen molar-refractivity contribution in [1.29, 1.82) is 0 Å². The molecule has 160 valence electrons. The van der Waals surface area contributed by atoms with E-state index in [1.165, 1.54) is 24.4 Å². The maximum atomic E-state index is 11.5. The van der Waals surface area contributed by atoms with Crippen LogP contribution in [-0.4, -0.2) is 27.8 Å². The molecule has 30 heavy (non-hydrogen) atoms. The fraction of sp³-hybridized carbons (Fsp3) is 0.409. The number of hydrogen-bond acceptors (Lipinski definition) is 7. The van der Waals surface area contributed by atoms with E-state index in [9.17, 15) is 4.79 Å². The Labute approximate surface area is 180 Å². The highest BCUT2D eigenvalue weighted by molar-refractivity contribution is 7.98. The number of methoxy groups -OCH3 is 1. The lowest BCUT2D eigenvalue weighted by molar-refractivity contribution is 0.0563. The van der Waals surface area contributed by atoms with Gasteiger partial charge in [0.1, 0.15) is 18.1 Å². The summed E-state index contributed by atoms with van der Waals surface area (Å²) in [6.45, 7) is 7.56. The Balaban J connectivity index is 1.67. The van der Waals surface area contributed by atoms with E-state index in [0.29, 0.717) is 24.0 Å². The summed E-state index contributed by atoms with van der Waals surface area (Å²) < 4.78 is 18.2. The van der Waals surface area contributed by atoms with Gasteiger partial charge in [-0.25, -0.2) is 4.79 Å². The number of rotatable bonds is 10. The van der Waals surface area contributed by atoms with Crippen LogP contribution in [0.5, 0.6) is 5.75 Å². The van der Waals surface area contributed by atoms with Crippen molar-refractivity contribution in [3.05, 3.63) is 59.3 Å². The maximum absolute atomic E-state index is 11.5. The highest BCUT2D eigenvalue weighted by Gasteiger charge is 2.16. The van der Waals surface area contributed by atoms with Gasteiger partial charge in [0, 0.05) is 6.54 Å². The zero-order chi connectivity index (χ0) is 21.5. The Kier molecular flexibility index (Phi) is 7.57. The number of aryl methyl sites for hydroxylation is 1. The zero-order valence-corrected chi connectivity index (χ0v) is 18.6. The predicted octanol–water partition coefficient (Wildman–Crippen LogP) is 4.75. The summed E-state index contributed by atoms with van der Waals surface area (Å²) >= 11 is 1.51. The van der Waals surface area contributed by atoms with Crippen LogP contribution in [0.4, 0.5) is 0 Å². The molecule has 0 saturated carbocycles. The summed E-state index contributed by atoms with van der Waals surface area (Å²) in [6, 6.07) is 11.5. The van der Waals surface area contributed by atoms with E-state index >= 15 is 0 Å². The van der Waals surface area contributed by atoms with Gasteiger partial charge in [-0.2, -0.15) is 0 Å². The summed E-state index contributed by atoms with van der Waals surface area (Å²) in [7, 11) is 1.33. The third-order valence-electron chi connectivity index (χ3n) is 4.43. The lowest BCUT2D eigenvalue weighted by Crippen LogP contribution is -2.12. The minimum Gasteiger partial charge on any atom is -0.486 e. The predicted molar refractivity (Wildman–Crippen MR) is 115 cm³/mol. The monoisotopic (exact) mass is 429 g/mol. The molecule has 8 heteroatoms. The molecule has 7 nitrogen and oxygen atoms in total. The van der Waals surface area contributed by atoms with Crippen LogP contribution in [0.25, 0.3) is 0 Å². The Morgan fingerprint density at radius 2 is 1.93 bits per heavy atom. The molecule has 2 heterocycles. The van der Waals surface area contributed by atoms with E-state index in [2.05, 4.69) is 52.4 Å². The first kappa shape index (κ1) is 22.0. The number of nitrogens with zero attached hydrogens (tertiary/aromatic N) is 3. The molecule has 0 aliphatic heterocycles. The van der Waals surface area contributed by atoms with Gasteiger partial charge in [0.2, 0.25) is 5.76 Å². The molecule has 0 N–H and O–H groups in total. The summed E-state index contributed by atoms with van der Waals surface area (Å²) in [4.78, 5) is 11.5. The van der Waals surface area contributed by atoms with Crippen LogP contribution < -0.4 is 4.74 Å². The number of carbonyl (C=O) groups is 1. The minimum absolute atomic E-state index is 0.194. The van der Waals surface area contributed by atoms with Crippen molar-refractivity contribution in [2.45, 2.75) is 51.3 Å². The first-order valence-electron chi connectivity index (χ1n) is 9.93. The molecule has 0 spiro atoms. The van der Waals surface area contributed by atoms with Crippen LogP contribution in [0, 0.1) is 5.92 Å². The number of ether oxygens (including phenoxy) is 2. The van der Waals surface area contributed by atoms with Gasteiger partial charge >= 0.3 is 5.97 Å². The largest absolute Gasteiger partial charge is 0.486 e. The van der Waals surface area contributed by atoms with Crippen molar-refractivity contribution >= 4 is 17.7 Å². The van der Waals surface area contributed by atoms with Crippen LogP contribution in [-0.2, 0) is 30.1 Å². The standard InChI is InChI=1S/C22H27N3O4S/c1-5-16-6-8-17(9-7-16)28-13-20-23-24-22(25(20)12-15(2)3)30-14-18-10-11-19(29-18)21(26)27-4/h6-11,15H,5,12-14H2,1-4H3. The number of hydrogen-bond donors (Lipinski definition) is 0. The third kappa shape index (κ3) is 5.66. The van der Waals surface area contributed by atoms with Crippen LogP contribution in [0.15, 0.2) is 46.0 Å². The smallest absolute Gasteiger partial charge is 0.373 e. The van der Waals surface area contributed by atoms with Crippen molar-refractivity contribution in [1.82, 2.24) is 14.8 Å². The average molecular weight is 430 g/mol. The molecule has 0 saturated heterocycles. The minimum atomic E-state index is -0.486. The molecule has 2 aromatic heterocycles. The highest BCUT2D eigenvalue weighted by atomic mass is 32.2. The third-order valence-corrected chi connectivity index (χ3v) is 5.42.